The highest BCUT2D eigenvalue weighted by Gasteiger charge is 2.27. The number of halogens is 1. The van der Waals surface area contributed by atoms with Gasteiger partial charge in [-0.2, -0.15) is 0 Å². The summed E-state index contributed by atoms with van der Waals surface area (Å²) in [5, 5.41) is 11.7. The molecule has 1 aliphatic rings. The van der Waals surface area contributed by atoms with E-state index in [0.29, 0.717) is 28.8 Å². The molecular formula is C21H21ClN4O4. The van der Waals surface area contributed by atoms with Crippen LogP contribution in [0.4, 0.5) is 0 Å². The van der Waals surface area contributed by atoms with Crippen LogP contribution in [0.15, 0.2) is 42.5 Å². The number of carbonyl (C=O) groups excluding carboxylic acids is 1. The second-order valence-corrected chi connectivity index (χ2v) is 7.21. The molecule has 1 aliphatic heterocycles. The summed E-state index contributed by atoms with van der Waals surface area (Å²) in [5.74, 6) is 0.998. The number of carbonyl (C=O) groups is 1. The largest absolute Gasteiger partial charge is 0.497 e. The number of benzene rings is 2. The molecule has 156 valence electrons. The lowest BCUT2D eigenvalue weighted by Gasteiger charge is -2.24. The van der Waals surface area contributed by atoms with Gasteiger partial charge in [-0.3, -0.25) is 4.79 Å². The van der Waals surface area contributed by atoms with Crippen LogP contribution in [-0.2, 0) is 24.4 Å². The van der Waals surface area contributed by atoms with Crippen molar-refractivity contribution < 1.29 is 19.0 Å². The Morgan fingerprint density at radius 2 is 2.03 bits per heavy atom. The van der Waals surface area contributed by atoms with Crippen molar-refractivity contribution in [3.05, 3.63) is 70.0 Å². The van der Waals surface area contributed by atoms with Crippen molar-refractivity contribution in [2.45, 2.75) is 25.8 Å². The van der Waals surface area contributed by atoms with Gasteiger partial charge in [0.15, 0.2) is 5.69 Å². The number of aromatic nitrogens is 3. The molecule has 30 heavy (non-hydrogen) atoms. The van der Waals surface area contributed by atoms with Crippen LogP contribution in [0.2, 0.25) is 5.02 Å². The zero-order valence-electron chi connectivity index (χ0n) is 16.6. The van der Waals surface area contributed by atoms with Gasteiger partial charge in [0.25, 0.3) is 5.91 Å². The van der Waals surface area contributed by atoms with E-state index < -0.39 is 0 Å². The van der Waals surface area contributed by atoms with Crippen molar-refractivity contribution in [2.24, 2.45) is 0 Å². The fraction of sp³-hybridized carbons (Fsp3) is 0.286. The highest BCUT2D eigenvalue weighted by molar-refractivity contribution is 6.30. The molecule has 0 fully saturated rings. The molecule has 0 saturated carbocycles. The number of nitrogens with one attached hydrogen (secondary N) is 1. The molecule has 1 amide bonds. The van der Waals surface area contributed by atoms with E-state index in [1.165, 1.54) is 0 Å². The van der Waals surface area contributed by atoms with E-state index in [0.717, 1.165) is 11.1 Å². The molecule has 9 heteroatoms. The normalized spacial score (nSPS) is 15.4. The Hall–Kier alpha value is -3.10. The number of nitrogens with zero attached hydrogens (tertiary/aromatic N) is 3. The third kappa shape index (κ3) is 4.10. The van der Waals surface area contributed by atoms with Crippen LogP contribution in [0.3, 0.4) is 0 Å². The maximum absolute atomic E-state index is 12.7. The molecule has 1 unspecified atom stereocenters. The summed E-state index contributed by atoms with van der Waals surface area (Å²) in [5.41, 5.74) is 2.74. The maximum Gasteiger partial charge on any atom is 0.274 e. The standard InChI is InChI=1S/C21H21ClN4O4/c1-28-16-8-5-14(18(9-16)29-2)10-23-21(27)20-17-12-30-19(11-26(17)25-24-20)13-3-6-15(22)7-4-13/h3-9,19H,10-12H2,1-2H3,(H,23,27). The fourth-order valence-electron chi connectivity index (χ4n) is 3.32. The molecule has 3 aromatic rings. The van der Waals surface area contributed by atoms with Crippen LogP contribution < -0.4 is 14.8 Å². The topological polar surface area (TPSA) is 87.5 Å². The first-order chi connectivity index (χ1) is 14.6. The van der Waals surface area contributed by atoms with Crippen LogP contribution in [0.25, 0.3) is 0 Å². The molecule has 0 radical (unpaired) electrons. The van der Waals surface area contributed by atoms with Gasteiger partial charge in [-0.25, -0.2) is 4.68 Å². The first kappa shape index (κ1) is 20.2. The molecule has 2 heterocycles. The second-order valence-electron chi connectivity index (χ2n) is 6.78. The van der Waals surface area contributed by atoms with Gasteiger partial charge in [0.2, 0.25) is 0 Å². The Morgan fingerprint density at radius 3 is 2.77 bits per heavy atom. The summed E-state index contributed by atoms with van der Waals surface area (Å²) in [7, 11) is 3.16. The molecule has 0 spiro atoms. The first-order valence-corrected chi connectivity index (χ1v) is 9.75. The Bertz CT molecular complexity index is 1050. The first-order valence-electron chi connectivity index (χ1n) is 9.37. The van der Waals surface area contributed by atoms with Crippen LogP contribution in [0, 0.1) is 0 Å². The summed E-state index contributed by atoms with van der Waals surface area (Å²) >= 11 is 5.95. The Labute approximate surface area is 178 Å². The quantitative estimate of drug-likeness (QED) is 0.649. The molecule has 4 rings (SSSR count). The predicted molar refractivity (Wildman–Crippen MR) is 110 cm³/mol. The van der Waals surface area contributed by atoms with Crippen molar-refractivity contribution in [3.8, 4) is 11.5 Å². The van der Waals surface area contributed by atoms with E-state index in [9.17, 15) is 4.79 Å². The van der Waals surface area contributed by atoms with Gasteiger partial charge in [0, 0.05) is 23.2 Å². The van der Waals surface area contributed by atoms with E-state index in [-0.39, 0.29) is 30.9 Å². The van der Waals surface area contributed by atoms with Crippen molar-refractivity contribution in [1.82, 2.24) is 20.3 Å². The van der Waals surface area contributed by atoms with Crippen molar-refractivity contribution in [2.75, 3.05) is 14.2 Å². The number of fused-ring (bicyclic) bond motifs is 1. The molecule has 0 bridgehead atoms. The average molecular weight is 429 g/mol. The van der Waals surface area contributed by atoms with E-state index in [1.54, 1.807) is 25.0 Å². The molecule has 0 saturated heterocycles. The second kappa shape index (κ2) is 8.73. The molecule has 1 aromatic heterocycles. The summed E-state index contributed by atoms with van der Waals surface area (Å²) in [6, 6.07) is 12.9. The van der Waals surface area contributed by atoms with E-state index >= 15 is 0 Å². The molecule has 1 atom stereocenters. The van der Waals surface area contributed by atoms with Gasteiger partial charge in [-0.1, -0.05) is 28.9 Å². The van der Waals surface area contributed by atoms with E-state index in [1.807, 2.05) is 36.4 Å². The van der Waals surface area contributed by atoms with Gasteiger partial charge in [0.1, 0.15) is 17.6 Å². The van der Waals surface area contributed by atoms with Gasteiger partial charge in [-0.15, -0.1) is 5.10 Å². The number of hydrogen-bond acceptors (Lipinski definition) is 6. The smallest absolute Gasteiger partial charge is 0.274 e. The SMILES string of the molecule is COc1ccc(CNC(=O)c2nnn3c2COC(c2ccc(Cl)cc2)C3)c(OC)c1. The summed E-state index contributed by atoms with van der Waals surface area (Å²) in [6.07, 6.45) is -0.170. The van der Waals surface area contributed by atoms with Crippen LogP contribution in [0.1, 0.15) is 33.4 Å². The molecule has 0 aliphatic carbocycles. The third-order valence-electron chi connectivity index (χ3n) is 4.99. The summed E-state index contributed by atoms with van der Waals surface area (Å²) in [4.78, 5) is 12.7. The Morgan fingerprint density at radius 1 is 1.23 bits per heavy atom. The minimum absolute atomic E-state index is 0.170. The zero-order chi connectivity index (χ0) is 21.1. The van der Waals surface area contributed by atoms with Crippen molar-refractivity contribution >= 4 is 17.5 Å². The van der Waals surface area contributed by atoms with Crippen molar-refractivity contribution in [3.63, 3.8) is 0 Å². The fourth-order valence-corrected chi connectivity index (χ4v) is 3.45. The highest BCUT2D eigenvalue weighted by atomic mass is 35.5. The van der Waals surface area contributed by atoms with Gasteiger partial charge < -0.3 is 19.5 Å². The molecular weight excluding hydrogens is 408 g/mol. The Balaban J connectivity index is 1.44. The Kier molecular flexibility index (Phi) is 5.87. The van der Waals surface area contributed by atoms with Crippen LogP contribution in [0.5, 0.6) is 11.5 Å². The lowest BCUT2D eigenvalue weighted by atomic mass is 10.1. The molecule has 2 aromatic carbocycles. The maximum atomic E-state index is 12.7. The van der Waals surface area contributed by atoms with Crippen LogP contribution >= 0.6 is 11.6 Å². The van der Waals surface area contributed by atoms with Crippen molar-refractivity contribution in [1.29, 1.82) is 0 Å². The summed E-state index contributed by atoms with van der Waals surface area (Å²) < 4.78 is 18.2. The minimum atomic E-state index is -0.317. The van der Waals surface area contributed by atoms with Gasteiger partial charge in [-0.05, 0) is 29.8 Å². The van der Waals surface area contributed by atoms with Crippen LogP contribution in [-0.4, -0.2) is 35.1 Å². The zero-order valence-corrected chi connectivity index (χ0v) is 17.3. The van der Waals surface area contributed by atoms with E-state index in [4.69, 9.17) is 25.8 Å². The number of rotatable bonds is 6. The lowest BCUT2D eigenvalue weighted by Crippen LogP contribution is -2.27. The number of methoxy groups -OCH3 is 2. The summed E-state index contributed by atoms with van der Waals surface area (Å²) in [6.45, 7) is 1.00. The van der Waals surface area contributed by atoms with E-state index in [2.05, 4.69) is 15.6 Å². The van der Waals surface area contributed by atoms with Gasteiger partial charge >= 0.3 is 0 Å². The lowest BCUT2D eigenvalue weighted by molar-refractivity contribution is -0.00177. The van der Waals surface area contributed by atoms with Gasteiger partial charge in [0.05, 0.1) is 33.1 Å². The number of hydrogen-bond donors (Lipinski definition) is 1. The molecule has 1 N–H and O–H groups in total. The monoisotopic (exact) mass is 428 g/mol. The predicted octanol–water partition coefficient (Wildman–Crippen LogP) is 3.15. The number of ether oxygens (including phenoxy) is 3. The molecule has 8 nitrogen and oxygen atoms in total. The third-order valence-corrected chi connectivity index (χ3v) is 5.24. The highest BCUT2D eigenvalue weighted by Crippen LogP contribution is 2.28. The average Bonchev–Trinajstić information content (AvgIpc) is 3.21. The number of amides is 1. The minimum Gasteiger partial charge on any atom is -0.497 e.